The van der Waals surface area contributed by atoms with E-state index in [-0.39, 0.29) is 34.8 Å². The summed E-state index contributed by atoms with van der Waals surface area (Å²) in [5.41, 5.74) is 3.59. The van der Waals surface area contributed by atoms with Gasteiger partial charge >= 0.3 is 0 Å². The first-order chi connectivity index (χ1) is 26.1. The maximum Gasteiger partial charge on any atom is 0.262 e. The molecule has 0 spiro atoms. The van der Waals surface area contributed by atoms with Crippen LogP contribution in [0.15, 0.2) is 66.9 Å². The monoisotopic (exact) mass is 739 g/mol. The molecule has 12 nitrogen and oxygen atoms in total. The molecule has 3 aromatic carbocycles. The average Bonchev–Trinajstić information content (AvgIpc) is 3.16. The van der Waals surface area contributed by atoms with Crippen LogP contribution in [0.2, 0.25) is 0 Å². The molecule has 2 amide bonds. The van der Waals surface area contributed by atoms with E-state index in [2.05, 4.69) is 37.4 Å². The molecule has 0 bridgehead atoms. The van der Waals surface area contributed by atoms with Crippen molar-refractivity contribution in [3.63, 3.8) is 0 Å². The second-order valence-corrected chi connectivity index (χ2v) is 13.1. The molecule has 1 aliphatic rings. The normalized spacial score (nSPS) is 13.5. The van der Waals surface area contributed by atoms with Gasteiger partial charge in [0, 0.05) is 75.5 Å². The highest BCUT2D eigenvalue weighted by atomic mass is 19.1. The van der Waals surface area contributed by atoms with Gasteiger partial charge in [0.1, 0.15) is 5.56 Å². The van der Waals surface area contributed by atoms with Crippen LogP contribution in [0.3, 0.4) is 0 Å². The van der Waals surface area contributed by atoms with E-state index in [1.807, 2.05) is 45.9 Å². The van der Waals surface area contributed by atoms with E-state index in [9.17, 15) is 9.59 Å². The number of benzene rings is 3. The van der Waals surface area contributed by atoms with Crippen LogP contribution in [0.5, 0.6) is 23.1 Å². The number of rotatable bonds is 16. The standard InChI is InChI=1S/C41H50FN7O5/c1-7-49(8-2)37(50)18-14-30-13-16-35(36(25-30)52-6)54-40-32(39(51)45-38-28(3)11-9-12-29(38)4)27-43-41(46-40)44-31-15-17-34(33(42)26-31)53-24-10-19-48-22-20-47(5)21-23-48/h9,11-18,25-27H,7-8,10,19-24H2,1-6H3,(H,45,51)(H,43,44,46). The first-order valence-corrected chi connectivity index (χ1v) is 18.3. The third-order valence-corrected chi connectivity index (χ3v) is 9.27. The Balaban J connectivity index is 1.35. The van der Waals surface area contributed by atoms with Gasteiger partial charge in [0.25, 0.3) is 5.91 Å². The number of amides is 2. The molecule has 286 valence electrons. The lowest BCUT2D eigenvalue weighted by Gasteiger charge is -2.32. The van der Waals surface area contributed by atoms with E-state index in [1.165, 1.54) is 25.4 Å². The van der Waals surface area contributed by atoms with Gasteiger partial charge < -0.3 is 39.5 Å². The number of hydrogen-bond donors (Lipinski definition) is 2. The van der Waals surface area contributed by atoms with E-state index >= 15 is 4.39 Å². The Morgan fingerprint density at radius 1 is 0.963 bits per heavy atom. The lowest BCUT2D eigenvalue weighted by atomic mass is 10.1. The zero-order chi connectivity index (χ0) is 38.6. The summed E-state index contributed by atoms with van der Waals surface area (Å²) >= 11 is 0. The topological polar surface area (TPSA) is 121 Å². The molecule has 1 aromatic heterocycles. The van der Waals surface area contributed by atoms with Crippen LogP contribution in [0.1, 0.15) is 47.3 Å². The van der Waals surface area contributed by atoms with E-state index in [0.29, 0.717) is 42.4 Å². The fourth-order valence-electron chi connectivity index (χ4n) is 6.00. The van der Waals surface area contributed by atoms with E-state index < -0.39 is 11.7 Å². The predicted molar refractivity (Wildman–Crippen MR) is 210 cm³/mol. The van der Waals surface area contributed by atoms with Gasteiger partial charge in [0.05, 0.1) is 13.7 Å². The van der Waals surface area contributed by atoms with Crippen molar-refractivity contribution in [3.8, 4) is 23.1 Å². The predicted octanol–water partition coefficient (Wildman–Crippen LogP) is 6.93. The van der Waals surface area contributed by atoms with Gasteiger partial charge in [0.15, 0.2) is 23.1 Å². The number of ether oxygens (including phenoxy) is 3. The first kappa shape index (κ1) is 39.7. The van der Waals surface area contributed by atoms with Gasteiger partial charge in [-0.2, -0.15) is 4.98 Å². The fraction of sp³-hybridized carbons (Fsp3) is 0.366. The number of aromatic nitrogens is 2. The van der Waals surface area contributed by atoms with Crippen LogP contribution < -0.4 is 24.8 Å². The van der Waals surface area contributed by atoms with E-state index in [1.54, 1.807) is 41.3 Å². The van der Waals surface area contributed by atoms with Crippen molar-refractivity contribution in [2.45, 2.75) is 34.1 Å². The van der Waals surface area contributed by atoms with Crippen molar-refractivity contribution in [1.82, 2.24) is 24.7 Å². The molecule has 0 unspecified atom stereocenters. The number of methoxy groups -OCH3 is 1. The quantitative estimate of drug-likeness (QED) is 0.0925. The van der Waals surface area contributed by atoms with Crippen LogP contribution >= 0.6 is 0 Å². The summed E-state index contributed by atoms with van der Waals surface area (Å²) in [6.45, 7) is 14.3. The molecule has 54 heavy (non-hydrogen) atoms. The summed E-state index contributed by atoms with van der Waals surface area (Å²) < 4.78 is 32.8. The third kappa shape index (κ3) is 10.5. The minimum Gasteiger partial charge on any atom is -0.493 e. The zero-order valence-corrected chi connectivity index (χ0v) is 31.9. The van der Waals surface area contributed by atoms with Gasteiger partial charge in [-0.05, 0) is 88.2 Å². The van der Waals surface area contributed by atoms with Gasteiger partial charge in [-0.3, -0.25) is 9.59 Å². The van der Waals surface area contributed by atoms with Gasteiger partial charge in [-0.15, -0.1) is 0 Å². The number of aryl methyl sites for hydroxylation is 2. The third-order valence-electron chi connectivity index (χ3n) is 9.27. The van der Waals surface area contributed by atoms with Crippen LogP contribution in [0.25, 0.3) is 6.08 Å². The number of hydrogen-bond acceptors (Lipinski definition) is 10. The molecule has 5 rings (SSSR count). The molecule has 0 atom stereocenters. The van der Waals surface area contributed by atoms with E-state index in [4.69, 9.17) is 14.2 Å². The highest BCUT2D eigenvalue weighted by Crippen LogP contribution is 2.35. The molecular weight excluding hydrogens is 689 g/mol. The number of carbonyl (C=O) groups excluding carboxylic acids is 2. The molecule has 0 radical (unpaired) electrons. The summed E-state index contributed by atoms with van der Waals surface area (Å²) in [6, 6.07) is 15.4. The maximum atomic E-state index is 15.1. The lowest BCUT2D eigenvalue weighted by molar-refractivity contribution is -0.125. The number of likely N-dealkylation sites (N-methyl/N-ethyl adjacent to an activating group) is 2. The molecule has 1 fully saturated rings. The van der Waals surface area contributed by atoms with Crippen LogP contribution in [0.4, 0.5) is 21.7 Å². The molecule has 0 aliphatic carbocycles. The highest BCUT2D eigenvalue weighted by Gasteiger charge is 2.21. The largest absolute Gasteiger partial charge is 0.493 e. The van der Waals surface area contributed by atoms with Crippen LogP contribution in [-0.4, -0.2) is 103 Å². The highest BCUT2D eigenvalue weighted by molar-refractivity contribution is 6.06. The number of nitrogens with one attached hydrogen (secondary N) is 2. The molecule has 4 aromatic rings. The van der Waals surface area contributed by atoms with Crippen molar-refractivity contribution in [3.05, 3.63) is 94.9 Å². The molecule has 1 aliphatic heterocycles. The molecular formula is C41H50FN7O5. The number of halogens is 1. The number of nitrogens with zero attached hydrogens (tertiary/aromatic N) is 5. The number of anilines is 3. The van der Waals surface area contributed by atoms with E-state index in [0.717, 1.165) is 50.3 Å². The second kappa shape index (κ2) is 19.0. The van der Waals surface area contributed by atoms with Crippen molar-refractivity contribution in [2.75, 3.05) is 77.2 Å². The molecule has 13 heteroatoms. The number of piperazine rings is 1. The Morgan fingerprint density at radius 3 is 2.37 bits per heavy atom. The van der Waals surface area contributed by atoms with Crippen molar-refractivity contribution in [2.24, 2.45) is 0 Å². The maximum absolute atomic E-state index is 15.1. The Labute approximate surface area is 316 Å². The summed E-state index contributed by atoms with van der Waals surface area (Å²) in [7, 11) is 3.62. The smallest absolute Gasteiger partial charge is 0.262 e. The number of carbonyl (C=O) groups is 2. The van der Waals surface area contributed by atoms with Crippen molar-refractivity contribution < 1.29 is 28.2 Å². The summed E-state index contributed by atoms with van der Waals surface area (Å²) in [5.74, 6) is -0.319. The summed E-state index contributed by atoms with van der Waals surface area (Å²) in [4.78, 5) is 41.6. The number of para-hydroxylation sites is 1. The summed E-state index contributed by atoms with van der Waals surface area (Å²) in [6.07, 6.45) is 5.36. The Hall–Kier alpha value is -5.53. The van der Waals surface area contributed by atoms with Crippen molar-refractivity contribution in [1.29, 1.82) is 0 Å². The lowest BCUT2D eigenvalue weighted by Crippen LogP contribution is -2.44. The Bertz CT molecular complexity index is 1920. The summed E-state index contributed by atoms with van der Waals surface area (Å²) in [5, 5.41) is 5.98. The Kier molecular flexibility index (Phi) is 14.0. The molecule has 2 N–H and O–H groups in total. The molecule has 0 saturated carbocycles. The SMILES string of the molecule is CCN(CC)C(=O)C=Cc1ccc(Oc2nc(Nc3ccc(OCCCN4CCN(C)CC4)c(F)c3)ncc2C(=O)Nc2c(C)cccc2C)c(OC)c1. The molecule has 2 heterocycles. The first-order valence-electron chi connectivity index (χ1n) is 18.3. The van der Waals surface area contributed by atoms with Gasteiger partial charge in [-0.25, -0.2) is 9.37 Å². The van der Waals surface area contributed by atoms with Crippen LogP contribution in [-0.2, 0) is 4.79 Å². The second-order valence-electron chi connectivity index (χ2n) is 13.1. The fourth-order valence-corrected chi connectivity index (χ4v) is 6.00. The Morgan fingerprint density at radius 2 is 1.69 bits per heavy atom. The average molecular weight is 740 g/mol. The van der Waals surface area contributed by atoms with Crippen LogP contribution in [0, 0.1) is 19.7 Å². The minimum atomic E-state index is -0.529. The minimum absolute atomic E-state index is 0.0599. The molecule has 1 saturated heterocycles. The zero-order valence-electron chi connectivity index (χ0n) is 31.9. The van der Waals surface area contributed by atoms with Gasteiger partial charge in [-0.1, -0.05) is 24.3 Å². The van der Waals surface area contributed by atoms with Crippen molar-refractivity contribution >= 4 is 35.2 Å². The van der Waals surface area contributed by atoms with Gasteiger partial charge in [0.2, 0.25) is 17.7 Å².